The number of carbonyl (C=O) groups is 4. The van der Waals surface area contributed by atoms with Gasteiger partial charge in [0, 0.05) is 11.3 Å². The Kier molecular flexibility index (Phi) is 15.2. The smallest absolute Gasteiger partial charge is 0.317 e. The predicted octanol–water partition coefficient (Wildman–Crippen LogP) is 10.8. The van der Waals surface area contributed by atoms with E-state index in [4.69, 9.17) is 14.2 Å². The standard InChI is InChI=1S/C39H54O8.8CH4/c1-18-24-10-25(27-16-45-33(41)30(24)27)26(18)15-37(5,31-23-7-6-22(9-23)29(31)28-19(2)32(40)46-34(28)42)35(43)47-36(3,4)38-11-20-8-21(12-38)14-39(44,13-20)17-38;;;;;;;;/h18-31,44H,6-17H2,1-5H3;8*1H4. The Morgan fingerprint density at radius 1 is 0.764 bits per heavy atom. The van der Waals surface area contributed by atoms with E-state index in [2.05, 4.69) is 27.7 Å². The second-order valence-corrected chi connectivity index (χ2v) is 19.4. The van der Waals surface area contributed by atoms with E-state index in [9.17, 15) is 19.5 Å². The van der Waals surface area contributed by atoms with Crippen LogP contribution in [-0.4, -0.2) is 46.8 Å². The molecule has 15 atom stereocenters. The van der Waals surface area contributed by atoms with Gasteiger partial charge < -0.3 is 19.3 Å². The van der Waals surface area contributed by atoms with Crippen molar-refractivity contribution in [1.82, 2.24) is 0 Å². The first-order valence-corrected chi connectivity index (χ1v) is 19.0. The lowest BCUT2D eigenvalue weighted by atomic mass is 9.44. The average molecular weight is 779 g/mol. The molecule has 0 aromatic rings. The lowest BCUT2D eigenvalue weighted by molar-refractivity contribution is -0.239. The Bertz CT molecular complexity index is 1400. The van der Waals surface area contributed by atoms with Crippen LogP contribution in [-0.2, 0) is 33.4 Å². The Morgan fingerprint density at radius 3 is 1.93 bits per heavy atom. The summed E-state index contributed by atoms with van der Waals surface area (Å²) < 4.78 is 17.8. The summed E-state index contributed by atoms with van der Waals surface area (Å²) in [5.74, 6) is 0.629. The highest BCUT2D eigenvalue weighted by Crippen LogP contribution is 2.69. The molecule has 0 amide bonds. The third-order valence-corrected chi connectivity index (χ3v) is 16.9. The molecule has 10 rings (SSSR count). The zero-order chi connectivity index (χ0) is 33.0. The van der Waals surface area contributed by atoms with Crippen LogP contribution < -0.4 is 0 Å². The normalized spacial score (nSPS) is 45.6. The van der Waals surface area contributed by atoms with Gasteiger partial charge in [-0.15, -0.1) is 0 Å². The van der Waals surface area contributed by atoms with Gasteiger partial charge in [0.05, 0.1) is 35.4 Å². The van der Waals surface area contributed by atoms with Gasteiger partial charge in [-0.2, -0.15) is 0 Å². The molecule has 8 heteroatoms. The minimum absolute atomic E-state index is 0. The highest BCUT2D eigenvalue weighted by atomic mass is 16.6. The van der Waals surface area contributed by atoms with Crippen LogP contribution in [0.1, 0.15) is 165 Å². The molecule has 8 aliphatic carbocycles. The topological polar surface area (TPSA) is 116 Å². The monoisotopic (exact) mass is 779 g/mol. The summed E-state index contributed by atoms with van der Waals surface area (Å²) in [4.78, 5) is 54.1. The largest absolute Gasteiger partial charge is 0.465 e. The molecule has 8 bridgehead atoms. The molecule has 0 aromatic carbocycles. The number of ether oxygens (including phenoxy) is 3. The number of hydrogen-bond acceptors (Lipinski definition) is 8. The van der Waals surface area contributed by atoms with E-state index in [1.165, 1.54) is 6.42 Å². The molecule has 1 N–H and O–H groups in total. The number of carbonyl (C=O) groups excluding carboxylic acids is 4. The van der Waals surface area contributed by atoms with E-state index in [0.717, 1.165) is 51.4 Å². The van der Waals surface area contributed by atoms with Crippen LogP contribution in [0.5, 0.6) is 0 Å². The highest BCUT2D eigenvalue weighted by Gasteiger charge is 2.69. The van der Waals surface area contributed by atoms with Crippen LogP contribution >= 0.6 is 0 Å². The highest BCUT2D eigenvalue weighted by molar-refractivity contribution is 5.96. The van der Waals surface area contributed by atoms with Gasteiger partial charge in [-0.1, -0.05) is 73.3 Å². The predicted molar refractivity (Wildman–Crippen MR) is 223 cm³/mol. The second-order valence-electron chi connectivity index (χ2n) is 19.4. The Balaban J connectivity index is 0.00000189. The number of esters is 4. The molecular weight excluding hydrogens is 693 g/mol. The van der Waals surface area contributed by atoms with Crippen molar-refractivity contribution in [2.24, 2.45) is 93.7 Å². The summed E-state index contributed by atoms with van der Waals surface area (Å²) in [5.41, 5.74) is -2.53. The summed E-state index contributed by atoms with van der Waals surface area (Å²) in [6.45, 7) is 10.9. The summed E-state index contributed by atoms with van der Waals surface area (Å²) in [7, 11) is 0. The van der Waals surface area contributed by atoms with Crippen molar-refractivity contribution < 1.29 is 38.5 Å². The minimum atomic E-state index is -0.866. The Hall–Kier alpha value is -1.96. The SMILES string of the molecule is C.C.C.C.C.C.C.C.CC1C(=O)OC(=O)C1C1C2CCC(C2)C1C(C)(CC1C(C)C2CC1C1COC(=O)C21)C(=O)OC(C)(C)C12CC3CC(CC(O)(C3)C1)C2. The van der Waals surface area contributed by atoms with E-state index < -0.39 is 40.4 Å². The first kappa shape index (κ1) is 51.1. The van der Waals surface area contributed by atoms with Crippen LogP contribution in [0.25, 0.3) is 0 Å². The fourth-order valence-corrected chi connectivity index (χ4v) is 15.3. The van der Waals surface area contributed by atoms with E-state index in [0.29, 0.717) is 49.0 Å². The first-order valence-electron chi connectivity index (χ1n) is 19.0. The molecule has 10 fully saturated rings. The number of rotatable bonds is 7. The van der Waals surface area contributed by atoms with E-state index in [-0.39, 0.29) is 118 Å². The lowest BCUT2D eigenvalue weighted by Gasteiger charge is -2.64. The third kappa shape index (κ3) is 6.94. The van der Waals surface area contributed by atoms with Crippen molar-refractivity contribution in [1.29, 1.82) is 0 Å². The zero-order valence-electron chi connectivity index (χ0n) is 28.9. The molecule has 55 heavy (non-hydrogen) atoms. The van der Waals surface area contributed by atoms with Gasteiger partial charge >= 0.3 is 23.9 Å². The van der Waals surface area contributed by atoms with Crippen LogP contribution in [0.2, 0.25) is 0 Å². The average Bonchev–Trinajstić information content (AvgIpc) is 3.81. The van der Waals surface area contributed by atoms with Crippen molar-refractivity contribution in [3.8, 4) is 0 Å². The maximum Gasteiger partial charge on any atom is 0.317 e. The van der Waals surface area contributed by atoms with Gasteiger partial charge in [-0.3, -0.25) is 19.2 Å². The molecule has 0 spiro atoms. The number of fused-ring (bicyclic) bond motifs is 7. The summed E-state index contributed by atoms with van der Waals surface area (Å²) >= 11 is 0. The van der Waals surface area contributed by atoms with Gasteiger partial charge in [0.1, 0.15) is 5.60 Å². The van der Waals surface area contributed by atoms with Gasteiger partial charge in [0.2, 0.25) is 0 Å². The van der Waals surface area contributed by atoms with Gasteiger partial charge in [0.15, 0.2) is 0 Å². The molecule has 8 nitrogen and oxygen atoms in total. The molecule has 0 radical (unpaired) electrons. The van der Waals surface area contributed by atoms with Crippen molar-refractivity contribution in [3.05, 3.63) is 0 Å². The third-order valence-electron chi connectivity index (χ3n) is 16.9. The van der Waals surface area contributed by atoms with Gasteiger partial charge in [-0.05, 0) is 151 Å². The molecule has 2 aliphatic heterocycles. The summed E-state index contributed by atoms with van der Waals surface area (Å²) in [6.07, 6.45) is 10.3. The first-order chi connectivity index (χ1) is 22.1. The van der Waals surface area contributed by atoms with Crippen LogP contribution in [0, 0.1) is 93.7 Å². The Labute approximate surface area is 337 Å². The molecule has 2 saturated heterocycles. The Morgan fingerprint density at radius 2 is 1.36 bits per heavy atom. The van der Waals surface area contributed by atoms with Crippen LogP contribution in [0.15, 0.2) is 0 Å². The van der Waals surface area contributed by atoms with E-state index >= 15 is 4.79 Å². The quantitative estimate of drug-likeness (QED) is 0.154. The molecule has 8 saturated carbocycles. The lowest BCUT2D eigenvalue weighted by Crippen LogP contribution is -2.63. The fraction of sp³-hybridized carbons (Fsp3) is 0.915. The molecule has 322 valence electrons. The number of cyclic esters (lactones) is 3. The van der Waals surface area contributed by atoms with Crippen molar-refractivity contribution in [2.75, 3.05) is 6.61 Å². The second kappa shape index (κ2) is 16.4. The van der Waals surface area contributed by atoms with Crippen molar-refractivity contribution >= 4 is 23.9 Å². The zero-order valence-corrected chi connectivity index (χ0v) is 28.9. The molecule has 2 heterocycles. The molecule has 0 aromatic heterocycles. The summed E-state index contributed by atoms with van der Waals surface area (Å²) in [5, 5.41) is 11.6. The maximum atomic E-state index is 15.3. The van der Waals surface area contributed by atoms with Crippen LogP contribution in [0.4, 0.5) is 0 Å². The maximum absolute atomic E-state index is 15.3. The number of aliphatic hydroxyl groups is 1. The van der Waals surface area contributed by atoms with E-state index in [1.54, 1.807) is 0 Å². The molecule has 10 aliphatic rings. The van der Waals surface area contributed by atoms with Gasteiger partial charge in [0.25, 0.3) is 0 Å². The van der Waals surface area contributed by atoms with Crippen molar-refractivity contribution in [3.63, 3.8) is 0 Å². The van der Waals surface area contributed by atoms with Crippen LogP contribution in [0.3, 0.4) is 0 Å². The minimum Gasteiger partial charge on any atom is -0.465 e. The fourth-order valence-electron chi connectivity index (χ4n) is 15.3. The molecule has 15 unspecified atom stereocenters. The summed E-state index contributed by atoms with van der Waals surface area (Å²) in [6, 6.07) is 0. The van der Waals surface area contributed by atoms with Crippen molar-refractivity contribution in [2.45, 2.75) is 176 Å². The van der Waals surface area contributed by atoms with E-state index in [1.807, 2.05) is 6.92 Å². The molecular formula is C47H86O8. The van der Waals surface area contributed by atoms with Gasteiger partial charge in [-0.25, -0.2) is 0 Å². The number of hydrogen-bond donors (Lipinski definition) is 1.